The quantitative estimate of drug-likeness (QED) is 0.265. The second-order valence-electron chi connectivity index (χ2n) is 7.76. The zero-order chi connectivity index (χ0) is 23.4. The molecule has 0 aliphatic rings. The first-order valence-corrected chi connectivity index (χ1v) is 11.4. The molecule has 4 aromatic rings. The summed E-state index contributed by atoms with van der Waals surface area (Å²) in [6, 6.07) is 22.7. The number of halogens is 3. The van der Waals surface area contributed by atoms with Gasteiger partial charge in [0, 0.05) is 40.0 Å². The minimum absolute atomic E-state index is 0.262. The molecule has 1 aromatic heterocycles. The van der Waals surface area contributed by atoms with Gasteiger partial charge in [0.1, 0.15) is 5.69 Å². The number of carbonyl (C=O) groups is 1. The van der Waals surface area contributed by atoms with Crippen LogP contribution in [0.1, 0.15) is 32.7 Å². The van der Waals surface area contributed by atoms with E-state index in [-0.39, 0.29) is 5.69 Å². The summed E-state index contributed by atoms with van der Waals surface area (Å²) >= 11 is 18.1. The molecule has 0 fully saturated rings. The number of benzene rings is 3. The number of rotatable bonds is 8. The molecule has 7 heteroatoms. The molecular formula is C26H21Cl3N2O2. The van der Waals surface area contributed by atoms with E-state index in [0.717, 1.165) is 27.9 Å². The van der Waals surface area contributed by atoms with Crippen molar-refractivity contribution < 1.29 is 9.90 Å². The highest BCUT2D eigenvalue weighted by molar-refractivity contribution is 6.35. The van der Waals surface area contributed by atoms with Gasteiger partial charge in [0.05, 0.1) is 0 Å². The maximum absolute atomic E-state index is 11.7. The molecule has 168 valence electrons. The van der Waals surface area contributed by atoms with Crippen LogP contribution in [0.3, 0.4) is 0 Å². The van der Waals surface area contributed by atoms with E-state index in [2.05, 4.69) is 5.32 Å². The van der Waals surface area contributed by atoms with Crippen molar-refractivity contribution in [3.05, 3.63) is 122 Å². The van der Waals surface area contributed by atoms with E-state index in [1.807, 2.05) is 54.7 Å². The molecule has 0 spiro atoms. The molecule has 0 aliphatic carbocycles. The van der Waals surface area contributed by atoms with Crippen LogP contribution in [0.25, 0.3) is 0 Å². The Morgan fingerprint density at radius 2 is 1.48 bits per heavy atom. The summed E-state index contributed by atoms with van der Waals surface area (Å²) in [5.74, 6) is -0.948. The number of hydrogen-bond donors (Lipinski definition) is 2. The normalized spacial score (nSPS) is 10.9. The number of nitrogens with zero attached hydrogens (tertiary/aromatic N) is 1. The molecule has 4 nitrogen and oxygen atoms in total. The Morgan fingerprint density at radius 3 is 2.15 bits per heavy atom. The summed E-state index contributed by atoms with van der Waals surface area (Å²) in [5, 5.41) is 14.9. The number of aromatic nitrogens is 1. The lowest BCUT2D eigenvalue weighted by Gasteiger charge is -2.09. The number of anilines is 1. The average molecular weight is 500 g/mol. The lowest BCUT2D eigenvalue weighted by molar-refractivity contribution is 0.0685. The van der Waals surface area contributed by atoms with Crippen LogP contribution in [0.4, 0.5) is 5.69 Å². The Labute approximate surface area is 207 Å². The Hall–Kier alpha value is -2.92. The van der Waals surface area contributed by atoms with E-state index in [1.165, 1.54) is 0 Å². The van der Waals surface area contributed by atoms with Gasteiger partial charge < -0.3 is 15.0 Å². The predicted molar refractivity (Wildman–Crippen MR) is 135 cm³/mol. The van der Waals surface area contributed by atoms with Crippen LogP contribution in [-0.4, -0.2) is 15.6 Å². The van der Waals surface area contributed by atoms with Crippen LogP contribution in [0.15, 0.2) is 79.0 Å². The van der Waals surface area contributed by atoms with Gasteiger partial charge in [-0.15, -0.1) is 0 Å². The van der Waals surface area contributed by atoms with E-state index in [1.54, 1.807) is 28.8 Å². The molecule has 1 heterocycles. The van der Waals surface area contributed by atoms with Crippen molar-refractivity contribution in [2.24, 2.45) is 0 Å². The molecule has 0 amide bonds. The monoisotopic (exact) mass is 498 g/mol. The van der Waals surface area contributed by atoms with Gasteiger partial charge in [-0.1, -0.05) is 65.1 Å². The van der Waals surface area contributed by atoms with Crippen molar-refractivity contribution in [2.75, 3.05) is 5.32 Å². The molecule has 0 unspecified atom stereocenters. The van der Waals surface area contributed by atoms with Crippen LogP contribution in [0.5, 0.6) is 0 Å². The summed E-state index contributed by atoms with van der Waals surface area (Å²) in [4.78, 5) is 11.7. The fourth-order valence-electron chi connectivity index (χ4n) is 3.60. The molecule has 3 aromatic carbocycles. The van der Waals surface area contributed by atoms with Gasteiger partial charge in [-0.25, -0.2) is 4.79 Å². The van der Waals surface area contributed by atoms with Crippen LogP contribution >= 0.6 is 34.8 Å². The SMILES string of the molecule is O=C(O)c1cc(Cc2ccc(NCc3ccc(Cl)cc3Cl)cc2)cn1Cc1ccc(Cl)cc1. The highest BCUT2D eigenvalue weighted by Gasteiger charge is 2.13. The van der Waals surface area contributed by atoms with Crippen LogP contribution in [0.2, 0.25) is 15.1 Å². The number of carboxylic acid groups (broad SMARTS) is 1. The van der Waals surface area contributed by atoms with Gasteiger partial charge in [0.25, 0.3) is 0 Å². The third-order valence-electron chi connectivity index (χ3n) is 5.30. The number of hydrogen-bond acceptors (Lipinski definition) is 2. The minimum atomic E-state index is -0.948. The third kappa shape index (κ3) is 6.11. The minimum Gasteiger partial charge on any atom is -0.477 e. The summed E-state index contributed by atoms with van der Waals surface area (Å²) in [6.45, 7) is 1.06. The summed E-state index contributed by atoms with van der Waals surface area (Å²) in [5.41, 5.74) is 5.21. The summed E-state index contributed by atoms with van der Waals surface area (Å²) < 4.78 is 1.76. The van der Waals surface area contributed by atoms with E-state index in [9.17, 15) is 9.90 Å². The molecule has 33 heavy (non-hydrogen) atoms. The summed E-state index contributed by atoms with van der Waals surface area (Å²) in [6.07, 6.45) is 2.53. The van der Waals surface area contributed by atoms with E-state index in [0.29, 0.717) is 34.6 Å². The Bertz CT molecular complexity index is 1270. The van der Waals surface area contributed by atoms with E-state index in [4.69, 9.17) is 34.8 Å². The molecule has 0 aliphatic heterocycles. The van der Waals surface area contributed by atoms with Crippen LogP contribution < -0.4 is 5.32 Å². The largest absolute Gasteiger partial charge is 0.477 e. The van der Waals surface area contributed by atoms with Gasteiger partial charge in [0.2, 0.25) is 0 Å². The fourth-order valence-corrected chi connectivity index (χ4v) is 4.20. The van der Waals surface area contributed by atoms with Gasteiger partial charge >= 0.3 is 5.97 Å². The molecule has 0 radical (unpaired) electrons. The first kappa shape index (κ1) is 23.2. The number of aromatic carboxylic acids is 1. The maximum Gasteiger partial charge on any atom is 0.352 e. The number of carboxylic acids is 1. The van der Waals surface area contributed by atoms with Crippen molar-refractivity contribution in [3.8, 4) is 0 Å². The second kappa shape index (κ2) is 10.3. The lowest BCUT2D eigenvalue weighted by atomic mass is 10.1. The topological polar surface area (TPSA) is 54.3 Å². The molecule has 0 saturated carbocycles. The maximum atomic E-state index is 11.7. The predicted octanol–water partition coefficient (Wildman–Crippen LogP) is 7.40. The van der Waals surface area contributed by atoms with Crippen molar-refractivity contribution in [1.29, 1.82) is 0 Å². The standard InChI is InChI=1S/C26H21Cl3N2O2/c27-21-6-1-18(2-7-21)15-31-16-19(12-25(31)26(32)33)11-17-3-9-23(10-4-17)30-14-20-5-8-22(28)13-24(20)29/h1-10,12-13,16,30H,11,14-15H2,(H,32,33). The summed E-state index contributed by atoms with van der Waals surface area (Å²) in [7, 11) is 0. The van der Waals surface area contributed by atoms with Gasteiger partial charge in [-0.05, 0) is 71.1 Å². The molecular weight excluding hydrogens is 479 g/mol. The zero-order valence-corrected chi connectivity index (χ0v) is 19.8. The van der Waals surface area contributed by atoms with Gasteiger partial charge in [0.15, 0.2) is 0 Å². The van der Waals surface area contributed by atoms with Crippen molar-refractivity contribution in [3.63, 3.8) is 0 Å². The van der Waals surface area contributed by atoms with Gasteiger partial charge in [-0.3, -0.25) is 0 Å². The Balaban J connectivity index is 1.43. The Morgan fingerprint density at radius 1 is 0.818 bits per heavy atom. The van der Waals surface area contributed by atoms with E-state index >= 15 is 0 Å². The lowest BCUT2D eigenvalue weighted by Crippen LogP contribution is -2.08. The Kier molecular flexibility index (Phi) is 7.29. The fraction of sp³-hybridized carbons (Fsp3) is 0.115. The van der Waals surface area contributed by atoms with Crippen LogP contribution in [0, 0.1) is 0 Å². The first-order valence-electron chi connectivity index (χ1n) is 10.3. The van der Waals surface area contributed by atoms with Crippen molar-refractivity contribution in [1.82, 2.24) is 4.57 Å². The molecule has 0 atom stereocenters. The smallest absolute Gasteiger partial charge is 0.352 e. The third-order valence-corrected chi connectivity index (χ3v) is 6.14. The second-order valence-corrected chi connectivity index (χ2v) is 9.04. The molecule has 0 bridgehead atoms. The highest BCUT2D eigenvalue weighted by Crippen LogP contribution is 2.23. The van der Waals surface area contributed by atoms with Crippen LogP contribution in [-0.2, 0) is 19.5 Å². The van der Waals surface area contributed by atoms with E-state index < -0.39 is 5.97 Å². The molecule has 2 N–H and O–H groups in total. The molecule has 0 saturated heterocycles. The average Bonchev–Trinajstić information content (AvgIpc) is 3.18. The first-order chi connectivity index (χ1) is 15.9. The molecule has 4 rings (SSSR count). The zero-order valence-electron chi connectivity index (χ0n) is 17.6. The van der Waals surface area contributed by atoms with Crippen molar-refractivity contribution >= 4 is 46.5 Å². The number of nitrogens with one attached hydrogen (secondary N) is 1. The van der Waals surface area contributed by atoms with Crippen molar-refractivity contribution in [2.45, 2.75) is 19.5 Å². The highest BCUT2D eigenvalue weighted by atomic mass is 35.5. The van der Waals surface area contributed by atoms with Gasteiger partial charge in [-0.2, -0.15) is 0 Å².